The number of nitrogens with two attached hydrogens (primary N) is 1. The van der Waals surface area contributed by atoms with Crippen LogP contribution in [0.1, 0.15) is 34.3 Å². The summed E-state index contributed by atoms with van der Waals surface area (Å²) in [5, 5.41) is 16.7. The zero-order valence-electron chi connectivity index (χ0n) is 17.6. The third-order valence-corrected chi connectivity index (χ3v) is 6.14. The molecule has 2 atom stereocenters. The van der Waals surface area contributed by atoms with E-state index in [1.54, 1.807) is 48.5 Å². The van der Waals surface area contributed by atoms with Crippen molar-refractivity contribution in [3.05, 3.63) is 87.4 Å². The molecule has 0 fully saturated rings. The summed E-state index contributed by atoms with van der Waals surface area (Å²) in [5.74, 6) is -2.16. The Hall–Kier alpha value is -3.42. The highest BCUT2D eigenvalue weighted by molar-refractivity contribution is 6.36. The molecule has 5 N–H and O–H groups in total. The highest BCUT2D eigenvalue weighted by Gasteiger charge is 2.51. The van der Waals surface area contributed by atoms with Crippen LogP contribution in [0.3, 0.4) is 0 Å². The van der Waals surface area contributed by atoms with Gasteiger partial charge in [0.15, 0.2) is 5.66 Å². The number of primary amides is 1. The number of carbonyl (C=O) groups excluding carboxylic acids is 1. The molecule has 0 saturated heterocycles. The highest BCUT2D eigenvalue weighted by atomic mass is 35.5. The van der Waals surface area contributed by atoms with Crippen molar-refractivity contribution in [1.82, 2.24) is 0 Å². The summed E-state index contributed by atoms with van der Waals surface area (Å²) < 4.78 is 5.62. The first-order chi connectivity index (χ1) is 15.8. The van der Waals surface area contributed by atoms with Crippen LogP contribution in [-0.2, 0) is 10.5 Å². The Morgan fingerprint density at radius 1 is 1.03 bits per heavy atom. The monoisotopic (exact) mass is 485 g/mol. The third kappa shape index (κ3) is 4.05. The first-order valence-corrected chi connectivity index (χ1v) is 10.9. The summed E-state index contributed by atoms with van der Waals surface area (Å²) in [6.45, 7) is 2.31. The van der Waals surface area contributed by atoms with E-state index in [1.165, 1.54) is 12.1 Å². The van der Waals surface area contributed by atoms with E-state index in [9.17, 15) is 14.7 Å². The second-order valence-electron chi connectivity index (χ2n) is 7.56. The van der Waals surface area contributed by atoms with Gasteiger partial charge >= 0.3 is 5.97 Å². The Labute approximate surface area is 200 Å². The quantitative estimate of drug-likeness (QED) is 0.372. The normalized spacial score (nSPS) is 17.4. The smallest absolute Gasteiger partial charge is 0.335 e. The topological polar surface area (TPSA) is 114 Å². The molecule has 0 saturated carbocycles. The van der Waals surface area contributed by atoms with Gasteiger partial charge in [-0.2, -0.15) is 0 Å². The van der Waals surface area contributed by atoms with Crippen LogP contribution in [-0.4, -0.2) is 23.6 Å². The molecule has 3 aromatic rings. The lowest BCUT2D eigenvalue weighted by Gasteiger charge is -2.39. The number of amides is 1. The van der Waals surface area contributed by atoms with Crippen LogP contribution < -0.4 is 21.1 Å². The number of ether oxygens (including phenoxy) is 1. The van der Waals surface area contributed by atoms with E-state index in [4.69, 9.17) is 33.7 Å². The minimum Gasteiger partial charge on any atom is -0.494 e. The number of carbonyl (C=O) groups is 2. The number of carboxylic acid groups (broad SMARTS) is 1. The predicted octanol–water partition coefficient (Wildman–Crippen LogP) is 5.05. The van der Waals surface area contributed by atoms with E-state index in [-0.39, 0.29) is 5.56 Å². The Morgan fingerprint density at radius 3 is 2.33 bits per heavy atom. The molecule has 0 bridgehead atoms. The molecule has 7 nitrogen and oxygen atoms in total. The van der Waals surface area contributed by atoms with Gasteiger partial charge in [0.2, 0.25) is 5.91 Å². The summed E-state index contributed by atoms with van der Waals surface area (Å²) in [6, 6.07) is 16.6. The number of halogens is 2. The number of benzene rings is 3. The number of fused-ring (bicyclic) bond motifs is 1. The average Bonchev–Trinajstić information content (AvgIpc) is 3.12. The van der Waals surface area contributed by atoms with Crippen molar-refractivity contribution in [2.24, 2.45) is 5.73 Å². The molecule has 3 aromatic carbocycles. The van der Waals surface area contributed by atoms with Gasteiger partial charge in [-0.1, -0.05) is 41.4 Å². The second kappa shape index (κ2) is 8.84. The van der Waals surface area contributed by atoms with Gasteiger partial charge in [0.25, 0.3) is 0 Å². The van der Waals surface area contributed by atoms with Crippen molar-refractivity contribution in [3.63, 3.8) is 0 Å². The molecule has 9 heteroatoms. The molecule has 1 amide bonds. The largest absolute Gasteiger partial charge is 0.494 e. The summed E-state index contributed by atoms with van der Waals surface area (Å²) in [5.41, 5.74) is 6.67. The van der Waals surface area contributed by atoms with Crippen LogP contribution in [0.4, 0.5) is 11.4 Å². The molecule has 4 rings (SSSR count). The van der Waals surface area contributed by atoms with Crippen molar-refractivity contribution in [1.29, 1.82) is 0 Å². The Balaban J connectivity index is 1.96. The molecular formula is C24H21Cl2N3O4. The Bertz CT molecular complexity index is 1230. The molecule has 1 aliphatic rings. The maximum absolute atomic E-state index is 13.0. The zero-order valence-corrected chi connectivity index (χ0v) is 19.1. The lowest BCUT2D eigenvalue weighted by molar-refractivity contribution is -0.120. The van der Waals surface area contributed by atoms with Crippen molar-refractivity contribution < 1.29 is 19.4 Å². The van der Waals surface area contributed by atoms with Crippen molar-refractivity contribution >= 4 is 46.5 Å². The van der Waals surface area contributed by atoms with E-state index >= 15 is 0 Å². The fourth-order valence-electron chi connectivity index (χ4n) is 4.21. The van der Waals surface area contributed by atoms with Gasteiger partial charge in [-0.05, 0) is 55.0 Å². The van der Waals surface area contributed by atoms with Gasteiger partial charge in [0, 0.05) is 15.6 Å². The molecule has 2 unspecified atom stereocenters. The number of anilines is 2. The standard InChI is InChI=1S/C24H21Cl2N3O4/c1-2-33-15-6-3-5-13(11-15)20(22(27)30)24(21-16(25)7-4-8-17(21)26)28-18-10-9-14(23(31)32)12-19(18)29-24/h3-12,20,28-29H,2H2,1H3,(H2,27,30)(H,31,32). The molecule has 0 radical (unpaired) electrons. The van der Waals surface area contributed by atoms with Crippen LogP contribution in [0.15, 0.2) is 60.7 Å². The Kier molecular flexibility index (Phi) is 6.10. The number of nitrogens with one attached hydrogen (secondary N) is 2. The van der Waals surface area contributed by atoms with Gasteiger partial charge in [-0.25, -0.2) is 4.79 Å². The number of aromatic carboxylic acids is 1. The minimum atomic E-state index is -1.40. The lowest BCUT2D eigenvalue weighted by Crippen LogP contribution is -2.50. The van der Waals surface area contributed by atoms with E-state index < -0.39 is 23.5 Å². The molecule has 1 heterocycles. The molecule has 0 aliphatic carbocycles. The van der Waals surface area contributed by atoms with E-state index in [2.05, 4.69) is 10.6 Å². The van der Waals surface area contributed by atoms with Gasteiger partial charge in [-0.3, -0.25) is 4.79 Å². The number of hydrogen-bond acceptors (Lipinski definition) is 5. The minimum absolute atomic E-state index is 0.0815. The lowest BCUT2D eigenvalue weighted by atomic mass is 9.80. The molecule has 1 aliphatic heterocycles. The van der Waals surface area contributed by atoms with Gasteiger partial charge in [-0.15, -0.1) is 0 Å². The van der Waals surface area contributed by atoms with E-state index in [0.717, 1.165) is 0 Å². The summed E-state index contributed by atoms with van der Waals surface area (Å²) >= 11 is 13.2. The maximum Gasteiger partial charge on any atom is 0.335 e. The van der Waals surface area contributed by atoms with Crippen molar-refractivity contribution in [3.8, 4) is 5.75 Å². The summed E-state index contributed by atoms with van der Waals surface area (Å²) in [6.07, 6.45) is 0. The van der Waals surface area contributed by atoms with Crippen LogP contribution >= 0.6 is 23.2 Å². The van der Waals surface area contributed by atoms with E-state index in [1.807, 2.05) is 6.92 Å². The molecule has 170 valence electrons. The number of carboxylic acids is 1. The van der Waals surface area contributed by atoms with Gasteiger partial charge < -0.3 is 26.2 Å². The number of hydrogen-bond donors (Lipinski definition) is 4. The summed E-state index contributed by atoms with van der Waals surface area (Å²) in [4.78, 5) is 24.5. The van der Waals surface area contributed by atoms with Crippen LogP contribution in [0.5, 0.6) is 5.75 Å². The Morgan fingerprint density at radius 2 is 1.70 bits per heavy atom. The first kappa shape index (κ1) is 22.8. The summed E-state index contributed by atoms with van der Waals surface area (Å²) in [7, 11) is 0. The second-order valence-corrected chi connectivity index (χ2v) is 8.38. The average molecular weight is 486 g/mol. The zero-order chi connectivity index (χ0) is 23.8. The molecule has 0 aromatic heterocycles. The van der Waals surface area contributed by atoms with Gasteiger partial charge in [0.05, 0.1) is 23.5 Å². The van der Waals surface area contributed by atoms with Gasteiger partial charge in [0.1, 0.15) is 11.7 Å². The van der Waals surface area contributed by atoms with Crippen molar-refractivity contribution in [2.45, 2.75) is 18.5 Å². The van der Waals surface area contributed by atoms with Crippen LogP contribution in [0.2, 0.25) is 10.0 Å². The maximum atomic E-state index is 13.0. The predicted molar refractivity (Wildman–Crippen MR) is 128 cm³/mol. The third-order valence-electron chi connectivity index (χ3n) is 5.51. The van der Waals surface area contributed by atoms with Crippen LogP contribution in [0.25, 0.3) is 0 Å². The molecular weight excluding hydrogens is 465 g/mol. The fourth-order valence-corrected chi connectivity index (χ4v) is 4.91. The molecule has 33 heavy (non-hydrogen) atoms. The fraction of sp³-hybridized carbons (Fsp3) is 0.167. The van der Waals surface area contributed by atoms with Crippen molar-refractivity contribution in [2.75, 3.05) is 17.2 Å². The van der Waals surface area contributed by atoms with E-state index in [0.29, 0.717) is 44.9 Å². The number of rotatable bonds is 7. The van der Waals surface area contributed by atoms with Crippen LogP contribution in [0, 0.1) is 0 Å². The molecule has 0 spiro atoms. The SMILES string of the molecule is CCOc1cccc(C(C(N)=O)C2(c3c(Cl)cccc3Cl)Nc3ccc(C(=O)O)cc3N2)c1. The highest BCUT2D eigenvalue weighted by Crippen LogP contribution is 2.51. The first-order valence-electron chi connectivity index (χ1n) is 10.2.